The minimum absolute atomic E-state index is 0.357. The van der Waals surface area contributed by atoms with E-state index in [1.165, 1.54) is 38.5 Å². The van der Waals surface area contributed by atoms with Gasteiger partial charge in [0.25, 0.3) is 0 Å². The summed E-state index contributed by atoms with van der Waals surface area (Å²) in [6.07, 6.45) is 10.4. The van der Waals surface area contributed by atoms with E-state index < -0.39 is 0 Å². The molecule has 0 amide bonds. The summed E-state index contributed by atoms with van der Waals surface area (Å²) in [4.78, 5) is 0. The van der Waals surface area contributed by atoms with Gasteiger partial charge in [-0.05, 0) is 76.0 Å². The van der Waals surface area contributed by atoms with Gasteiger partial charge in [0, 0.05) is 19.1 Å². The van der Waals surface area contributed by atoms with Crippen molar-refractivity contribution in [3.05, 3.63) is 0 Å². The largest absolute Gasteiger partial charge is 0.381 e. The van der Waals surface area contributed by atoms with Crippen molar-refractivity contribution in [2.75, 3.05) is 13.2 Å². The predicted octanol–water partition coefficient (Wildman–Crippen LogP) is 4.16. The molecule has 0 heterocycles. The first-order valence-electron chi connectivity index (χ1n) is 7.80. The Bertz CT molecular complexity index is 267. The summed E-state index contributed by atoms with van der Waals surface area (Å²) < 4.78 is 5.55. The van der Waals surface area contributed by atoms with E-state index in [-0.39, 0.29) is 0 Å². The lowest BCUT2D eigenvalue weighted by atomic mass is 9.69. The second kappa shape index (κ2) is 7.14. The number of nitriles is 1. The lowest BCUT2D eigenvalue weighted by Crippen LogP contribution is -2.26. The maximum absolute atomic E-state index is 8.94. The van der Waals surface area contributed by atoms with Crippen molar-refractivity contribution in [3.63, 3.8) is 0 Å². The van der Waals surface area contributed by atoms with Crippen molar-refractivity contribution >= 4 is 0 Å². The summed E-state index contributed by atoms with van der Waals surface area (Å²) in [6.45, 7) is 3.92. The number of hydrogen-bond acceptors (Lipinski definition) is 2. The molecule has 0 saturated heterocycles. The highest BCUT2D eigenvalue weighted by Gasteiger charge is 2.30. The van der Waals surface area contributed by atoms with Gasteiger partial charge in [-0.3, -0.25) is 0 Å². The minimum atomic E-state index is 0.357. The van der Waals surface area contributed by atoms with E-state index in [0.717, 1.165) is 43.8 Å². The van der Waals surface area contributed by atoms with Gasteiger partial charge in [-0.2, -0.15) is 5.26 Å². The molecule has 0 N–H and O–H groups in total. The minimum Gasteiger partial charge on any atom is -0.381 e. The van der Waals surface area contributed by atoms with Crippen molar-refractivity contribution in [1.82, 2.24) is 0 Å². The van der Waals surface area contributed by atoms with Gasteiger partial charge < -0.3 is 4.74 Å². The summed E-state index contributed by atoms with van der Waals surface area (Å²) in [6, 6.07) is 2.44. The quantitative estimate of drug-likeness (QED) is 0.749. The molecule has 0 aliphatic heterocycles. The molecule has 0 bridgehead atoms. The Hall–Kier alpha value is -0.550. The van der Waals surface area contributed by atoms with Gasteiger partial charge in [-0.25, -0.2) is 0 Å². The van der Waals surface area contributed by atoms with Crippen molar-refractivity contribution in [3.8, 4) is 6.07 Å². The van der Waals surface area contributed by atoms with E-state index in [4.69, 9.17) is 10.00 Å². The van der Waals surface area contributed by atoms with Gasteiger partial charge in [0.1, 0.15) is 0 Å². The van der Waals surface area contributed by atoms with Gasteiger partial charge in [0.2, 0.25) is 0 Å². The van der Waals surface area contributed by atoms with Gasteiger partial charge in [0.15, 0.2) is 0 Å². The van der Waals surface area contributed by atoms with Crippen LogP contribution in [0.25, 0.3) is 0 Å². The maximum atomic E-state index is 8.94. The summed E-state index contributed by atoms with van der Waals surface area (Å²) >= 11 is 0. The van der Waals surface area contributed by atoms with Crippen LogP contribution in [-0.2, 0) is 4.74 Å². The van der Waals surface area contributed by atoms with Crippen LogP contribution in [0.1, 0.15) is 58.3 Å². The molecule has 2 saturated carbocycles. The highest BCUT2D eigenvalue weighted by atomic mass is 16.5. The van der Waals surface area contributed by atoms with Crippen LogP contribution in [0.5, 0.6) is 0 Å². The molecule has 18 heavy (non-hydrogen) atoms. The molecule has 0 unspecified atom stereocenters. The summed E-state index contributed by atoms with van der Waals surface area (Å²) in [5.41, 5.74) is 0. The number of hydrogen-bond donors (Lipinski definition) is 0. The zero-order chi connectivity index (χ0) is 12.8. The Morgan fingerprint density at radius 1 is 0.944 bits per heavy atom. The lowest BCUT2D eigenvalue weighted by Gasteiger charge is -2.36. The van der Waals surface area contributed by atoms with Crippen LogP contribution in [0.4, 0.5) is 0 Å². The molecule has 0 aromatic rings. The fourth-order valence-electron chi connectivity index (χ4n) is 3.83. The molecule has 0 aromatic carbocycles. The van der Waals surface area contributed by atoms with Gasteiger partial charge >= 0.3 is 0 Å². The van der Waals surface area contributed by atoms with Crippen LogP contribution < -0.4 is 0 Å². The third-order valence-electron chi connectivity index (χ3n) is 5.07. The standard InChI is InChI=1S/C16H27NO/c1-2-18-12-14-5-9-16(10-6-14)15-7-3-13(11-17)4-8-15/h13-16H,2-10,12H2,1H3. The second-order valence-corrected chi connectivity index (χ2v) is 6.18. The van der Waals surface area contributed by atoms with Crippen LogP contribution in [-0.4, -0.2) is 13.2 Å². The van der Waals surface area contributed by atoms with E-state index in [1.807, 2.05) is 0 Å². The topological polar surface area (TPSA) is 33.0 Å². The molecule has 102 valence electrons. The third kappa shape index (κ3) is 3.72. The highest BCUT2D eigenvalue weighted by Crippen LogP contribution is 2.41. The van der Waals surface area contributed by atoms with E-state index in [0.29, 0.717) is 5.92 Å². The predicted molar refractivity (Wildman–Crippen MR) is 73.0 cm³/mol. The number of rotatable bonds is 4. The first-order chi connectivity index (χ1) is 8.83. The van der Waals surface area contributed by atoms with Crippen molar-refractivity contribution in [1.29, 1.82) is 5.26 Å². The van der Waals surface area contributed by atoms with Gasteiger partial charge in [-0.15, -0.1) is 0 Å². The molecule has 2 nitrogen and oxygen atoms in total. The van der Waals surface area contributed by atoms with Crippen LogP contribution >= 0.6 is 0 Å². The highest BCUT2D eigenvalue weighted by molar-refractivity contribution is 4.89. The molecule has 2 heteroatoms. The molecule has 2 aliphatic carbocycles. The van der Waals surface area contributed by atoms with E-state index in [1.54, 1.807) is 0 Å². The Balaban J connectivity index is 1.69. The molecular formula is C16H27NO. The zero-order valence-corrected chi connectivity index (χ0v) is 11.7. The van der Waals surface area contributed by atoms with E-state index in [9.17, 15) is 0 Å². The second-order valence-electron chi connectivity index (χ2n) is 6.18. The normalized spacial score (nSPS) is 37.1. The molecule has 0 aromatic heterocycles. The lowest BCUT2D eigenvalue weighted by molar-refractivity contribution is 0.0728. The number of ether oxygens (including phenoxy) is 1. The average molecular weight is 249 g/mol. The molecule has 2 fully saturated rings. The number of nitrogens with zero attached hydrogens (tertiary/aromatic N) is 1. The third-order valence-corrected chi connectivity index (χ3v) is 5.07. The molecule has 0 radical (unpaired) electrons. The van der Waals surface area contributed by atoms with Gasteiger partial charge in [-0.1, -0.05) is 0 Å². The zero-order valence-electron chi connectivity index (χ0n) is 11.7. The molecule has 0 spiro atoms. The Kier molecular flexibility index (Phi) is 5.50. The van der Waals surface area contributed by atoms with Crippen LogP contribution in [0.2, 0.25) is 0 Å². The average Bonchev–Trinajstić information content (AvgIpc) is 2.46. The summed E-state index contributed by atoms with van der Waals surface area (Å²) in [5.74, 6) is 3.04. The molecule has 2 rings (SSSR count). The Morgan fingerprint density at radius 3 is 2.00 bits per heavy atom. The van der Waals surface area contributed by atoms with Crippen molar-refractivity contribution in [2.45, 2.75) is 58.3 Å². The van der Waals surface area contributed by atoms with Gasteiger partial charge in [0.05, 0.1) is 6.07 Å². The first kappa shape index (κ1) is 13.9. The molecule has 2 aliphatic rings. The first-order valence-corrected chi connectivity index (χ1v) is 7.80. The van der Waals surface area contributed by atoms with Crippen LogP contribution in [0, 0.1) is 35.0 Å². The van der Waals surface area contributed by atoms with Crippen LogP contribution in [0.15, 0.2) is 0 Å². The van der Waals surface area contributed by atoms with E-state index >= 15 is 0 Å². The van der Waals surface area contributed by atoms with Crippen molar-refractivity contribution < 1.29 is 4.74 Å². The van der Waals surface area contributed by atoms with E-state index in [2.05, 4.69) is 13.0 Å². The fraction of sp³-hybridized carbons (Fsp3) is 0.938. The fourth-order valence-corrected chi connectivity index (χ4v) is 3.83. The van der Waals surface area contributed by atoms with Crippen molar-refractivity contribution in [2.24, 2.45) is 23.7 Å². The molecular weight excluding hydrogens is 222 g/mol. The van der Waals surface area contributed by atoms with Crippen LogP contribution in [0.3, 0.4) is 0 Å². The smallest absolute Gasteiger partial charge is 0.0655 e. The summed E-state index contributed by atoms with van der Waals surface area (Å²) in [5, 5.41) is 8.94. The Labute approximate surface area is 112 Å². The Morgan fingerprint density at radius 2 is 1.50 bits per heavy atom. The summed E-state index contributed by atoms with van der Waals surface area (Å²) in [7, 11) is 0. The maximum Gasteiger partial charge on any atom is 0.0655 e. The SMILES string of the molecule is CCOCC1CCC(C2CCC(C#N)CC2)CC1. The molecule has 0 atom stereocenters. The monoisotopic (exact) mass is 249 g/mol.